The first-order valence-electron chi connectivity index (χ1n) is 13.5. The molecule has 206 valence electrons. The van der Waals surface area contributed by atoms with Gasteiger partial charge in [-0.15, -0.1) is 0 Å². The maximum Gasteiger partial charge on any atom is 0.310 e. The van der Waals surface area contributed by atoms with Gasteiger partial charge < -0.3 is 25.2 Å². The molecule has 10 heteroatoms. The fourth-order valence-corrected chi connectivity index (χ4v) is 6.36. The molecule has 0 unspecified atom stereocenters. The van der Waals surface area contributed by atoms with Crippen LogP contribution in [0.1, 0.15) is 56.2 Å². The second kappa shape index (κ2) is 12.9. The molecular formula is C28H38ClN5O3S. The number of nitrogens with one attached hydrogen (secondary N) is 2. The number of imidazole rings is 1. The molecule has 0 radical (unpaired) electrons. The van der Waals surface area contributed by atoms with Gasteiger partial charge in [-0.3, -0.25) is 9.59 Å². The Morgan fingerprint density at radius 3 is 2.47 bits per heavy atom. The van der Waals surface area contributed by atoms with Crippen LogP contribution in [-0.2, 0) is 29.5 Å². The summed E-state index contributed by atoms with van der Waals surface area (Å²) in [6, 6.07) is 6.89. The Morgan fingerprint density at radius 1 is 1.18 bits per heavy atom. The maximum absolute atomic E-state index is 13.8. The molecule has 0 spiro atoms. The van der Waals surface area contributed by atoms with Crippen LogP contribution in [0.4, 0.5) is 0 Å². The number of amides is 1. The summed E-state index contributed by atoms with van der Waals surface area (Å²) in [7, 11) is 1.95. The number of aromatic nitrogens is 2. The molecule has 1 aromatic carbocycles. The van der Waals surface area contributed by atoms with E-state index in [1.54, 1.807) is 6.33 Å². The third-order valence-corrected chi connectivity index (χ3v) is 8.83. The first-order valence-corrected chi connectivity index (χ1v) is 14.3. The van der Waals surface area contributed by atoms with Crippen molar-refractivity contribution in [1.29, 1.82) is 0 Å². The zero-order chi connectivity index (χ0) is 27.1. The standard InChI is InChI=1S/C28H38ClN5O3S/c1-33-19-30-18-23(33)11-14-31-27(38)32-24(17-20-7-9-22(29)10-8-20)25(35)34-15-12-28(13-16-34,26(36)37)21-5-3-2-4-6-21/h7-10,18-19,21,24H,2-6,11-17H2,1H3,(H,36,37)(H2,31,32,38)/t24-/m1/s1. The molecule has 1 amide bonds. The van der Waals surface area contributed by atoms with Crippen LogP contribution in [0.2, 0.25) is 5.02 Å². The normalized spacial score (nSPS) is 18.5. The van der Waals surface area contributed by atoms with Crippen LogP contribution in [0.25, 0.3) is 0 Å². The van der Waals surface area contributed by atoms with E-state index in [9.17, 15) is 14.7 Å². The molecule has 1 atom stereocenters. The number of rotatable bonds is 9. The van der Waals surface area contributed by atoms with Gasteiger partial charge in [0.1, 0.15) is 6.04 Å². The van der Waals surface area contributed by atoms with Gasteiger partial charge >= 0.3 is 5.97 Å². The number of halogens is 1. The van der Waals surface area contributed by atoms with Crippen molar-refractivity contribution in [2.24, 2.45) is 18.4 Å². The lowest BCUT2D eigenvalue weighted by atomic mass is 9.64. The molecule has 2 aromatic rings. The average molecular weight is 560 g/mol. The van der Waals surface area contributed by atoms with E-state index in [0.717, 1.165) is 43.4 Å². The first-order chi connectivity index (χ1) is 18.3. The number of benzene rings is 1. The van der Waals surface area contributed by atoms with Crippen LogP contribution in [0.3, 0.4) is 0 Å². The van der Waals surface area contributed by atoms with Crippen molar-refractivity contribution in [2.75, 3.05) is 19.6 Å². The van der Waals surface area contributed by atoms with E-state index in [0.29, 0.717) is 49.0 Å². The molecule has 38 heavy (non-hydrogen) atoms. The lowest BCUT2D eigenvalue weighted by molar-refractivity contribution is -0.160. The highest BCUT2D eigenvalue weighted by molar-refractivity contribution is 7.80. The van der Waals surface area contributed by atoms with Gasteiger partial charge in [0.25, 0.3) is 0 Å². The van der Waals surface area contributed by atoms with Gasteiger partial charge in [-0.05, 0) is 61.5 Å². The molecule has 2 fully saturated rings. The molecule has 1 saturated heterocycles. The topological polar surface area (TPSA) is 99.5 Å². The summed E-state index contributed by atoms with van der Waals surface area (Å²) >= 11 is 11.6. The van der Waals surface area contributed by atoms with Gasteiger partial charge in [0.05, 0.1) is 11.7 Å². The number of hydrogen-bond donors (Lipinski definition) is 3. The number of carbonyl (C=O) groups excluding carboxylic acids is 1. The summed E-state index contributed by atoms with van der Waals surface area (Å²) in [4.78, 5) is 32.2. The number of aryl methyl sites for hydroxylation is 1. The Kier molecular flexibility index (Phi) is 9.65. The van der Waals surface area contributed by atoms with Crippen LogP contribution in [-0.4, -0.2) is 62.2 Å². The third-order valence-electron chi connectivity index (χ3n) is 8.32. The molecule has 4 rings (SSSR count). The van der Waals surface area contributed by atoms with E-state index < -0.39 is 17.4 Å². The van der Waals surface area contributed by atoms with Crippen molar-refractivity contribution in [3.8, 4) is 0 Å². The number of carbonyl (C=O) groups is 2. The molecular weight excluding hydrogens is 522 g/mol. The zero-order valence-electron chi connectivity index (χ0n) is 22.0. The molecule has 3 N–H and O–H groups in total. The predicted molar refractivity (Wildman–Crippen MR) is 152 cm³/mol. The lowest BCUT2D eigenvalue weighted by Crippen LogP contribution is -2.56. The second-order valence-electron chi connectivity index (χ2n) is 10.7. The number of piperidine rings is 1. The van der Waals surface area contributed by atoms with E-state index >= 15 is 0 Å². The zero-order valence-corrected chi connectivity index (χ0v) is 23.6. The largest absolute Gasteiger partial charge is 0.481 e. The van der Waals surface area contributed by atoms with Gasteiger partial charge in [-0.25, -0.2) is 4.98 Å². The van der Waals surface area contributed by atoms with Gasteiger partial charge in [0, 0.05) is 56.4 Å². The maximum atomic E-state index is 13.8. The second-order valence-corrected chi connectivity index (χ2v) is 11.5. The highest BCUT2D eigenvalue weighted by Crippen LogP contribution is 2.46. The number of hydrogen-bond acceptors (Lipinski definition) is 4. The fourth-order valence-electron chi connectivity index (χ4n) is 5.99. The summed E-state index contributed by atoms with van der Waals surface area (Å²) in [6.07, 6.45) is 11.1. The number of nitrogens with zero attached hydrogens (tertiary/aromatic N) is 3. The minimum atomic E-state index is -0.723. The molecule has 1 saturated carbocycles. The van der Waals surface area contributed by atoms with Crippen LogP contribution in [0.5, 0.6) is 0 Å². The van der Waals surface area contributed by atoms with Crippen LogP contribution in [0.15, 0.2) is 36.8 Å². The van der Waals surface area contributed by atoms with Gasteiger partial charge in [0.15, 0.2) is 5.11 Å². The summed E-state index contributed by atoms with van der Waals surface area (Å²) in [5, 5.41) is 17.7. The van der Waals surface area contributed by atoms with E-state index in [1.807, 2.05) is 47.0 Å². The molecule has 2 aliphatic rings. The fraction of sp³-hybridized carbons (Fsp3) is 0.571. The average Bonchev–Trinajstić information content (AvgIpc) is 3.34. The number of carboxylic acids is 1. The number of carboxylic acid groups (broad SMARTS) is 1. The monoisotopic (exact) mass is 559 g/mol. The Morgan fingerprint density at radius 2 is 1.87 bits per heavy atom. The molecule has 0 bridgehead atoms. The van der Waals surface area contributed by atoms with Crippen LogP contribution < -0.4 is 10.6 Å². The van der Waals surface area contributed by atoms with E-state index in [4.69, 9.17) is 23.8 Å². The smallest absolute Gasteiger partial charge is 0.310 e. The Labute approximate surface area is 235 Å². The van der Waals surface area contributed by atoms with Crippen LogP contribution >= 0.6 is 23.8 Å². The first kappa shape index (κ1) is 28.4. The highest BCUT2D eigenvalue weighted by Gasteiger charge is 2.48. The molecule has 1 aromatic heterocycles. The SMILES string of the molecule is Cn1cncc1CCNC(=S)N[C@H](Cc1ccc(Cl)cc1)C(=O)N1CCC(C(=O)O)(C2CCCCC2)CC1. The molecule has 1 aliphatic carbocycles. The highest BCUT2D eigenvalue weighted by atomic mass is 35.5. The Bertz CT molecular complexity index is 1110. The van der Waals surface area contributed by atoms with Crippen molar-refractivity contribution < 1.29 is 14.7 Å². The quantitative estimate of drug-likeness (QED) is 0.400. The Balaban J connectivity index is 1.40. The van der Waals surface area contributed by atoms with Crippen molar-refractivity contribution >= 4 is 40.8 Å². The third kappa shape index (κ3) is 6.86. The van der Waals surface area contributed by atoms with E-state index in [-0.39, 0.29) is 11.8 Å². The number of thiocarbonyl (C=S) groups is 1. The van der Waals surface area contributed by atoms with Crippen molar-refractivity contribution in [1.82, 2.24) is 25.1 Å². The lowest BCUT2D eigenvalue weighted by Gasteiger charge is -2.45. The Hall–Kier alpha value is -2.65. The molecule has 1 aliphatic heterocycles. The summed E-state index contributed by atoms with van der Waals surface area (Å²) in [5.41, 5.74) is 1.33. The van der Waals surface area contributed by atoms with Gasteiger partial charge in [0.2, 0.25) is 5.91 Å². The molecule has 8 nitrogen and oxygen atoms in total. The minimum absolute atomic E-state index is 0.0571. The summed E-state index contributed by atoms with van der Waals surface area (Å²) in [5.74, 6) is -0.560. The van der Waals surface area contributed by atoms with E-state index in [2.05, 4.69) is 15.6 Å². The van der Waals surface area contributed by atoms with Crippen molar-refractivity contribution in [3.05, 3.63) is 53.1 Å². The van der Waals surface area contributed by atoms with Gasteiger partial charge in [-0.1, -0.05) is 43.0 Å². The number of aliphatic carboxylic acids is 1. The minimum Gasteiger partial charge on any atom is -0.481 e. The van der Waals surface area contributed by atoms with E-state index in [1.165, 1.54) is 6.42 Å². The van der Waals surface area contributed by atoms with Crippen LogP contribution in [0, 0.1) is 11.3 Å². The van der Waals surface area contributed by atoms with Crippen molar-refractivity contribution in [3.63, 3.8) is 0 Å². The van der Waals surface area contributed by atoms with Gasteiger partial charge in [-0.2, -0.15) is 0 Å². The predicted octanol–water partition coefficient (Wildman–Crippen LogP) is 3.97. The van der Waals surface area contributed by atoms with Crippen molar-refractivity contribution in [2.45, 2.75) is 63.8 Å². The summed E-state index contributed by atoms with van der Waals surface area (Å²) < 4.78 is 1.96. The summed E-state index contributed by atoms with van der Waals surface area (Å²) in [6.45, 7) is 1.50. The molecule has 2 heterocycles. The number of likely N-dealkylation sites (tertiary alicyclic amines) is 1.